The summed E-state index contributed by atoms with van der Waals surface area (Å²) in [6, 6.07) is 0. The summed E-state index contributed by atoms with van der Waals surface area (Å²) in [4.78, 5) is 11.2. The van der Waals surface area contributed by atoms with E-state index in [0.717, 1.165) is 37.1 Å². The molecule has 1 rings (SSSR count). The van der Waals surface area contributed by atoms with Gasteiger partial charge in [0.2, 0.25) is 0 Å². The molecule has 0 amide bonds. The first-order valence-corrected chi connectivity index (χ1v) is 9.02. The number of rotatable bonds is 9. The zero-order valence-electron chi connectivity index (χ0n) is 14.6. The van der Waals surface area contributed by atoms with Crippen LogP contribution in [0.15, 0.2) is 10.4 Å². The molecule has 0 atom stereocenters. The van der Waals surface area contributed by atoms with E-state index in [4.69, 9.17) is 0 Å². The van der Waals surface area contributed by atoms with Gasteiger partial charge in [0.15, 0.2) is 5.96 Å². The van der Waals surface area contributed by atoms with Crippen molar-refractivity contribution < 1.29 is 0 Å². The summed E-state index contributed by atoms with van der Waals surface area (Å²) in [7, 11) is 3.97. The van der Waals surface area contributed by atoms with Gasteiger partial charge in [-0.05, 0) is 25.9 Å². The molecule has 0 aliphatic rings. The maximum absolute atomic E-state index is 4.62. The Bertz CT molecular complexity index is 441. The smallest absolute Gasteiger partial charge is 0.191 e. The maximum atomic E-state index is 4.62. The molecular weight excluding hydrogens is 294 g/mol. The Kier molecular flexibility index (Phi) is 9.08. The fourth-order valence-electron chi connectivity index (χ4n) is 1.96. The van der Waals surface area contributed by atoms with Gasteiger partial charge in [-0.1, -0.05) is 27.2 Å². The van der Waals surface area contributed by atoms with E-state index >= 15 is 0 Å². The summed E-state index contributed by atoms with van der Waals surface area (Å²) < 4.78 is 0. The van der Waals surface area contributed by atoms with Crippen LogP contribution in [0.3, 0.4) is 0 Å². The SMILES string of the molecule is CCCCN(C)CCNC(=NC)NCc1nc(C(C)C)cs1. The van der Waals surface area contributed by atoms with Crippen LogP contribution in [0.25, 0.3) is 0 Å². The van der Waals surface area contributed by atoms with Crippen molar-refractivity contribution in [3.8, 4) is 0 Å². The van der Waals surface area contributed by atoms with Crippen LogP contribution in [0.1, 0.15) is 50.2 Å². The Balaban J connectivity index is 2.27. The van der Waals surface area contributed by atoms with Crippen molar-refractivity contribution in [2.24, 2.45) is 4.99 Å². The Labute approximate surface area is 139 Å². The monoisotopic (exact) mass is 325 g/mol. The molecule has 6 heteroatoms. The van der Waals surface area contributed by atoms with Gasteiger partial charge in [-0.25, -0.2) is 4.98 Å². The number of nitrogens with zero attached hydrogens (tertiary/aromatic N) is 3. The van der Waals surface area contributed by atoms with Crippen LogP contribution in [0.2, 0.25) is 0 Å². The minimum Gasteiger partial charge on any atom is -0.355 e. The first-order chi connectivity index (χ1) is 10.6. The summed E-state index contributed by atoms with van der Waals surface area (Å²) in [5, 5.41) is 9.92. The molecule has 5 nitrogen and oxygen atoms in total. The highest BCUT2D eigenvalue weighted by atomic mass is 32.1. The van der Waals surface area contributed by atoms with Crippen LogP contribution >= 0.6 is 11.3 Å². The van der Waals surface area contributed by atoms with Gasteiger partial charge in [-0.15, -0.1) is 11.3 Å². The molecule has 0 bridgehead atoms. The molecule has 22 heavy (non-hydrogen) atoms. The van der Waals surface area contributed by atoms with Crippen molar-refractivity contribution in [2.45, 2.75) is 46.1 Å². The fourth-order valence-corrected chi connectivity index (χ4v) is 2.85. The lowest BCUT2D eigenvalue weighted by Crippen LogP contribution is -2.40. The number of hydrogen-bond acceptors (Lipinski definition) is 4. The normalized spacial score (nSPS) is 12.2. The molecule has 1 aromatic rings. The van der Waals surface area contributed by atoms with E-state index in [2.05, 4.69) is 58.7 Å². The molecule has 0 aromatic carbocycles. The highest BCUT2D eigenvalue weighted by molar-refractivity contribution is 7.09. The lowest BCUT2D eigenvalue weighted by Gasteiger charge is -2.17. The molecule has 0 saturated heterocycles. The van der Waals surface area contributed by atoms with E-state index < -0.39 is 0 Å². The maximum Gasteiger partial charge on any atom is 0.191 e. The number of aromatic nitrogens is 1. The Morgan fingerprint density at radius 3 is 2.73 bits per heavy atom. The molecule has 1 heterocycles. The van der Waals surface area contributed by atoms with Crippen LogP contribution in [-0.4, -0.2) is 49.6 Å². The second kappa shape index (κ2) is 10.6. The number of thiazole rings is 1. The minimum atomic E-state index is 0.487. The zero-order valence-corrected chi connectivity index (χ0v) is 15.5. The van der Waals surface area contributed by atoms with E-state index in [-0.39, 0.29) is 0 Å². The second-order valence-corrected chi connectivity index (χ2v) is 6.77. The summed E-state index contributed by atoms with van der Waals surface area (Å²) in [5.41, 5.74) is 1.17. The van der Waals surface area contributed by atoms with Crippen LogP contribution in [-0.2, 0) is 6.54 Å². The topological polar surface area (TPSA) is 52.5 Å². The van der Waals surface area contributed by atoms with Crippen LogP contribution in [0.4, 0.5) is 0 Å². The van der Waals surface area contributed by atoms with Gasteiger partial charge >= 0.3 is 0 Å². The van der Waals surface area contributed by atoms with E-state index in [1.807, 2.05) is 0 Å². The molecule has 2 N–H and O–H groups in total. The fraction of sp³-hybridized carbons (Fsp3) is 0.750. The number of aliphatic imine (C=N–C) groups is 1. The van der Waals surface area contributed by atoms with Crippen LogP contribution < -0.4 is 10.6 Å². The zero-order chi connectivity index (χ0) is 16.4. The number of likely N-dealkylation sites (N-methyl/N-ethyl adjacent to an activating group) is 1. The third-order valence-corrected chi connectivity index (χ3v) is 4.34. The standard InChI is InChI=1S/C16H31N5S/c1-6-7-9-21(5)10-8-18-16(17-4)19-11-15-20-14(12-22-15)13(2)3/h12-13H,6-11H2,1-5H3,(H2,17,18,19). The summed E-state index contributed by atoms with van der Waals surface area (Å²) in [6.45, 7) is 10.4. The predicted molar refractivity (Wildman–Crippen MR) is 96.8 cm³/mol. The average Bonchev–Trinajstić information content (AvgIpc) is 2.97. The van der Waals surface area contributed by atoms with Crippen LogP contribution in [0, 0.1) is 0 Å². The van der Waals surface area contributed by atoms with Crippen molar-refractivity contribution >= 4 is 17.3 Å². The number of hydrogen-bond donors (Lipinski definition) is 2. The second-order valence-electron chi connectivity index (χ2n) is 5.83. The van der Waals surface area contributed by atoms with E-state index in [9.17, 15) is 0 Å². The first-order valence-electron chi connectivity index (χ1n) is 8.14. The molecule has 0 saturated carbocycles. The number of guanidine groups is 1. The molecule has 0 aliphatic carbocycles. The highest BCUT2D eigenvalue weighted by Crippen LogP contribution is 2.17. The molecular formula is C16H31N5S. The van der Waals surface area contributed by atoms with E-state index in [0.29, 0.717) is 5.92 Å². The molecule has 0 fully saturated rings. The number of unbranched alkanes of at least 4 members (excludes halogenated alkanes) is 1. The Morgan fingerprint density at radius 1 is 1.36 bits per heavy atom. The molecule has 1 aromatic heterocycles. The van der Waals surface area contributed by atoms with Crippen LogP contribution in [0.5, 0.6) is 0 Å². The van der Waals surface area contributed by atoms with Crippen molar-refractivity contribution in [2.75, 3.05) is 33.7 Å². The van der Waals surface area contributed by atoms with Gasteiger partial charge in [-0.2, -0.15) is 0 Å². The molecule has 126 valence electrons. The van der Waals surface area contributed by atoms with E-state index in [1.54, 1.807) is 18.4 Å². The largest absolute Gasteiger partial charge is 0.355 e. The quantitative estimate of drug-likeness (QED) is 0.541. The predicted octanol–water partition coefficient (Wildman–Crippen LogP) is 2.66. The Morgan fingerprint density at radius 2 is 2.14 bits per heavy atom. The lowest BCUT2D eigenvalue weighted by molar-refractivity contribution is 0.332. The van der Waals surface area contributed by atoms with Crippen molar-refractivity contribution in [1.29, 1.82) is 0 Å². The number of nitrogens with one attached hydrogen (secondary N) is 2. The molecule has 0 unspecified atom stereocenters. The van der Waals surface area contributed by atoms with Gasteiger partial charge in [-0.3, -0.25) is 4.99 Å². The summed E-state index contributed by atoms with van der Waals surface area (Å²) in [6.07, 6.45) is 2.50. The average molecular weight is 326 g/mol. The van der Waals surface area contributed by atoms with Crippen molar-refractivity contribution in [3.63, 3.8) is 0 Å². The minimum absolute atomic E-state index is 0.487. The lowest BCUT2D eigenvalue weighted by atomic mass is 10.2. The van der Waals surface area contributed by atoms with Crippen molar-refractivity contribution in [1.82, 2.24) is 20.5 Å². The van der Waals surface area contributed by atoms with Gasteiger partial charge in [0.25, 0.3) is 0 Å². The first kappa shape index (κ1) is 18.9. The summed E-state index contributed by atoms with van der Waals surface area (Å²) >= 11 is 1.70. The third kappa shape index (κ3) is 7.22. The summed E-state index contributed by atoms with van der Waals surface area (Å²) in [5.74, 6) is 1.33. The molecule has 0 aliphatic heterocycles. The van der Waals surface area contributed by atoms with E-state index in [1.165, 1.54) is 18.5 Å². The molecule has 0 spiro atoms. The van der Waals surface area contributed by atoms with Gasteiger partial charge in [0.1, 0.15) is 5.01 Å². The highest BCUT2D eigenvalue weighted by Gasteiger charge is 2.06. The molecule has 0 radical (unpaired) electrons. The Hall–Kier alpha value is -1.14. The van der Waals surface area contributed by atoms with Gasteiger partial charge in [0.05, 0.1) is 12.2 Å². The van der Waals surface area contributed by atoms with Gasteiger partial charge < -0.3 is 15.5 Å². The third-order valence-electron chi connectivity index (χ3n) is 3.47. The van der Waals surface area contributed by atoms with Crippen molar-refractivity contribution in [3.05, 3.63) is 16.1 Å². The van der Waals surface area contributed by atoms with Gasteiger partial charge in [0, 0.05) is 25.5 Å².